The van der Waals surface area contributed by atoms with E-state index < -0.39 is 28.5 Å². The molecule has 1 aliphatic carbocycles. The Bertz CT molecular complexity index is 1300. The Morgan fingerprint density at radius 3 is 2.34 bits per heavy atom. The van der Waals surface area contributed by atoms with Gasteiger partial charge >= 0.3 is 0 Å². The van der Waals surface area contributed by atoms with Crippen LogP contribution in [0.5, 0.6) is 0 Å². The van der Waals surface area contributed by atoms with Crippen LogP contribution in [0.4, 0.5) is 5.69 Å². The molecule has 206 valence electrons. The molecule has 0 unspecified atom stereocenters. The number of amides is 2. The quantitative estimate of drug-likeness (QED) is 0.383. The van der Waals surface area contributed by atoms with E-state index >= 15 is 0 Å². The van der Waals surface area contributed by atoms with E-state index in [0.29, 0.717) is 27.6 Å². The zero-order chi connectivity index (χ0) is 28.0. The SMILES string of the molecule is CC[C@@H](C(=O)NC1CCCC1)N(Cc1ccc(Cl)cc1Cl)C(=O)CN(c1cccc(C(C)=O)c1)S(C)(=O)=O. The normalized spacial score (nSPS) is 14.7. The first-order chi connectivity index (χ1) is 17.9. The van der Waals surface area contributed by atoms with Crippen molar-refractivity contribution in [2.75, 3.05) is 17.1 Å². The molecule has 0 aromatic heterocycles. The lowest BCUT2D eigenvalue weighted by Gasteiger charge is -2.33. The Balaban J connectivity index is 1.97. The van der Waals surface area contributed by atoms with Gasteiger partial charge in [0.1, 0.15) is 12.6 Å². The first-order valence-corrected chi connectivity index (χ1v) is 15.1. The lowest BCUT2D eigenvalue weighted by Crippen LogP contribution is -2.53. The van der Waals surface area contributed by atoms with Crippen LogP contribution < -0.4 is 9.62 Å². The Morgan fingerprint density at radius 2 is 1.76 bits per heavy atom. The molecular formula is C27H33Cl2N3O5S. The van der Waals surface area contributed by atoms with E-state index in [1.165, 1.54) is 24.0 Å². The lowest BCUT2D eigenvalue weighted by molar-refractivity contribution is -0.140. The van der Waals surface area contributed by atoms with E-state index in [0.717, 1.165) is 36.2 Å². The minimum absolute atomic E-state index is 0.0173. The first kappa shape index (κ1) is 29.9. The zero-order valence-electron chi connectivity index (χ0n) is 21.7. The molecule has 38 heavy (non-hydrogen) atoms. The summed E-state index contributed by atoms with van der Waals surface area (Å²) >= 11 is 12.5. The summed E-state index contributed by atoms with van der Waals surface area (Å²) in [6.45, 7) is 2.60. The molecule has 1 atom stereocenters. The number of anilines is 1. The number of hydrogen-bond donors (Lipinski definition) is 1. The van der Waals surface area contributed by atoms with E-state index in [4.69, 9.17) is 23.2 Å². The standard InChI is InChI=1S/C27H33Cl2N3O5S/c1-4-25(27(35)30-22-9-5-6-10-22)31(16-20-12-13-21(28)15-24(20)29)26(34)17-32(38(3,36)37)23-11-7-8-19(14-23)18(2)33/h7-8,11-15,22,25H,4-6,9-10,16-17H2,1-3H3,(H,30,35)/t25-/m0/s1. The van der Waals surface area contributed by atoms with Crippen molar-refractivity contribution in [1.82, 2.24) is 10.2 Å². The van der Waals surface area contributed by atoms with Gasteiger partial charge in [0.05, 0.1) is 11.9 Å². The van der Waals surface area contributed by atoms with Crippen LogP contribution in [0.2, 0.25) is 10.0 Å². The molecule has 0 saturated heterocycles. The van der Waals surface area contributed by atoms with Crippen LogP contribution in [0.25, 0.3) is 0 Å². The maximum absolute atomic E-state index is 13.8. The van der Waals surface area contributed by atoms with Crippen LogP contribution in [0.3, 0.4) is 0 Å². The summed E-state index contributed by atoms with van der Waals surface area (Å²) < 4.78 is 26.5. The van der Waals surface area contributed by atoms with Crippen molar-refractivity contribution in [3.05, 3.63) is 63.6 Å². The zero-order valence-corrected chi connectivity index (χ0v) is 24.1. The van der Waals surface area contributed by atoms with Crippen LogP contribution in [-0.2, 0) is 26.2 Å². The first-order valence-electron chi connectivity index (χ1n) is 12.5. The van der Waals surface area contributed by atoms with Crippen molar-refractivity contribution in [2.45, 2.75) is 64.6 Å². The van der Waals surface area contributed by atoms with E-state index in [1.54, 1.807) is 37.3 Å². The van der Waals surface area contributed by atoms with Crippen molar-refractivity contribution < 1.29 is 22.8 Å². The van der Waals surface area contributed by atoms with E-state index in [9.17, 15) is 22.8 Å². The molecule has 1 N–H and O–H groups in total. The van der Waals surface area contributed by atoms with Gasteiger partial charge in [-0.15, -0.1) is 0 Å². The van der Waals surface area contributed by atoms with Crippen molar-refractivity contribution >= 4 is 56.5 Å². The monoisotopic (exact) mass is 581 g/mol. The number of halogens is 2. The third kappa shape index (κ3) is 7.71. The second-order valence-corrected chi connectivity index (χ2v) is 12.3. The van der Waals surface area contributed by atoms with Gasteiger partial charge in [0.25, 0.3) is 0 Å². The number of sulfonamides is 1. The summed E-state index contributed by atoms with van der Waals surface area (Å²) in [5.41, 5.74) is 1.07. The van der Waals surface area contributed by atoms with Crippen LogP contribution in [0, 0.1) is 0 Å². The maximum Gasteiger partial charge on any atom is 0.244 e. The molecule has 2 aromatic rings. The number of hydrogen-bond acceptors (Lipinski definition) is 5. The van der Waals surface area contributed by atoms with Gasteiger partial charge in [-0.25, -0.2) is 8.42 Å². The van der Waals surface area contributed by atoms with Gasteiger partial charge in [0.15, 0.2) is 5.78 Å². The number of Topliss-reactive ketones (excluding diaryl/α,β-unsaturated/α-hetero) is 1. The van der Waals surface area contributed by atoms with Crippen LogP contribution in [0.15, 0.2) is 42.5 Å². The number of carbonyl (C=O) groups excluding carboxylic acids is 3. The molecule has 3 rings (SSSR count). The summed E-state index contributed by atoms with van der Waals surface area (Å²) in [5, 5.41) is 3.81. The average molecular weight is 583 g/mol. The van der Waals surface area contributed by atoms with Gasteiger partial charge in [0.2, 0.25) is 21.8 Å². The lowest BCUT2D eigenvalue weighted by atomic mass is 10.1. The predicted octanol–water partition coefficient (Wildman–Crippen LogP) is 4.83. The summed E-state index contributed by atoms with van der Waals surface area (Å²) in [6, 6.07) is 10.2. The van der Waals surface area contributed by atoms with Crippen LogP contribution in [0.1, 0.15) is 61.9 Å². The third-order valence-corrected chi connectivity index (χ3v) is 8.39. The summed E-state index contributed by atoms with van der Waals surface area (Å²) in [6.07, 6.45) is 5.14. The highest BCUT2D eigenvalue weighted by atomic mass is 35.5. The van der Waals surface area contributed by atoms with Crippen molar-refractivity contribution in [3.63, 3.8) is 0 Å². The van der Waals surface area contributed by atoms with E-state index in [1.807, 2.05) is 0 Å². The molecular weight excluding hydrogens is 549 g/mol. The van der Waals surface area contributed by atoms with Gasteiger partial charge in [-0.3, -0.25) is 18.7 Å². The number of benzene rings is 2. The number of carbonyl (C=O) groups is 3. The molecule has 0 spiro atoms. The van der Waals surface area contributed by atoms with E-state index in [-0.39, 0.29) is 30.0 Å². The number of ketones is 1. The van der Waals surface area contributed by atoms with Gasteiger partial charge in [-0.2, -0.15) is 0 Å². The third-order valence-electron chi connectivity index (χ3n) is 6.66. The van der Waals surface area contributed by atoms with Crippen molar-refractivity contribution in [2.24, 2.45) is 0 Å². The van der Waals surface area contributed by atoms with Gasteiger partial charge in [0, 0.05) is 28.2 Å². The average Bonchev–Trinajstić information content (AvgIpc) is 3.36. The smallest absolute Gasteiger partial charge is 0.244 e. The minimum atomic E-state index is -3.92. The highest BCUT2D eigenvalue weighted by molar-refractivity contribution is 7.92. The van der Waals surface area contributed by atoms with Crippen LogP contribution in [-0.4, -0.2) is 55.8 Å². The summed E-state index contributed by atoms with van der Waals surface area (Å²) in [5.74, 6) is -1.11. The molecule has 1 fully saturated rings. The Kier molecular flexibility index (Phi) is 10.2. The Morgan fingerprint density at radius 1 is 1.08 bits per heavy atom. The molecule has 1 aliphatic rings. The number of rotatable bonds is 11. The number of nitrogens with one attached hydrogen (secondary N) is 1. The molecule has 0 aliphatic heterocycles. The fraction of sp³-hybridized carbons (Fsp3) is 0.444. The highest BCUT2D eigenvalue weighted by Gasteiger charge is 2.33. The molecule has 2 aromatic carbocycles. The molecule has 1 saturated carbocycles. The Hall–Kier alpha value is -2.62. The van der Waals surface area contributed by atoms with E-state index in [2.05, 4.69) is 5.32 Å². The fourth-order valence-corrected chi connectivity index (χ4v) is 5.92. The van der Waals surface area contributed by atoms with Crippen molar-refractivity contribution in [3.8, 4) is 0 Å². The molecule has 0 heterocycles. The van der Waals surface area contributed by atoms with Crippen LogP contribution >= 0.6 is 23.2 Å². The topological polar surface area (TPSA) is 104 Å². The maximum atomic E-state index is 13.8. The molecule has 8 nitrogen and oxygen atoms in total. The largest absolute Gasteiger partial charge is 0.352 e. The second kappa shape index (κ2) is 13.0. The van der Waals surface area contributed by atoms with Crippen molar-refractivity contribution in [1.29, 1.82) is 0 Å². The number of nitrogens with zero attached hydrogens (tertiary/aromatic N) is 2. The Labute approximate surface area is 234 Å². The summed E-state index contributed by atoms with van der Waals surface area (Å²) in [4.78, 5) is 40.4. The van der Waals surface area contributed by atoms with Gasteiger partial charge in [-0.05, 0) is 56.0 Å². The second-order valence-electron chi connectivity index (χ2n) is 9.55. The van der Waals surface area contributed by atoms with Gasteiger partial charge in [-0.1, -0.05) is 61.2 Å². The molecule has 0 bridgehead atoms. The highest BCUT2D eigenvalue weighted by Crippen LogP contribution is 2.26. The molecule has 2 amide bonds. The molecule has 0 radical (unpaired) electrons. The fourth-order valence-electron chi connectivity index (χ4n) is 4.61. The minimum Gasteiger partial charge on any atom is -0.352 e. The molecule has 11 heteroatoms. The predicted molar refractivity (Wildman–Crippen MR) is 150 cm³/mol. The van der Waals surface area contributed by atoms with Gasteiger partial charge < -0.3 is 10.2 Å². The summed E-state index contributed by atoms with van der Waals surface area (Å²) in [7, 11) is -3.92.